The molecule has 1 aromatic rings. The number of anilines is 1. The molecule has 1 N–H and O–H groups in total. The molecule has 18 heavy (non-hydrogen) atoms. The zero-order chi connectivity index (χ0) is 13.9. The second-order valence-electron chi connectivity index (χ2n) is 5.69. The number of carbonyl (C=O) groups is 1. The average molecular weight is 250 g/mol. The maximum atomic E-state index is 11.2. The van der Waals surface area contributed by atoms with E-state index in [1.54, 1.807) is 13.1 Å². The fourth-order valence-electron chi connectivity index (χ4n) is 1.33. The van der Waals surface area contributed by atoms with Crippen LogP contribution in [0, 0.1) is 5.92 Å². The number of allylic oxidation sites excluding steroid dienone is 1. The van der Waals surface area contributed by atoms with Gasteiger partial charge in [0.05, 0.1) is 0 Å². The van der Waals surface area contributed by atoms with Gasteiger partial charge >= 0.3 is 0 Å². The summed E-state index contributed by atoms with van der Waals surface area (Å²) >= 11 is 0. The molecule has 1 rings (SSSR count). The smallest absolute Gasteiger partial charge is 0.173 e. The van der Waals surface area contributed by atoms with E-state index >= 15 is 0 Å². The van der Waals surface area contributed by atoms with Gasteiger partial charge in [0.15, 0.2) is 5.82 Å². The van der Waals surface area contributed by atoms with Crippen molar-refractivity contribution in [3.8, 4) is 0 Å². The fraction of sp³-hybridized carbons (Fsp3) is 0.571. The standard InChI is InChI=1S/C14H22N2O2/c1-9(10(2)11(3)17)8-15-13-7-12(18-16-13)14(4,5)6/h7-8,10H,1-6H3,(H,15,16)/b9-8-. The molecule has 1 heterocycles. The topological polar surface area (TPSA) is 55.1 Å². The van der Waals surface area contributed by atoms with Crippen molar-refractivity contribution >= 4 is 11.6 Å². The Labute approximate surface area is 108 Å². The van der Waals surface area contributed by atoms with Crippen LogP contribution >= 0.6 is 0 Å². The lowest BCUT2D eigenvalue weighted by Gasteiger charge is -2.12. The van der Waals surface area contributed by atoms with Gasteiger partial charge < -0.3 is 9.84 Å². The summed E-state index contributed by atoms with van der Waals surface area (Å²) in [5, 5.41) is 7.00. The Bertz CT molecular complexity index is 453. The summed E-state index contributed by atoms with van der Waals surface area (Å²) in [6.45, 7) is 11.6. The number of nitrogens with zero attached hydrogens (tertiary/aromatic N) is 1. The predicted octanol–water partition coefficient (Wildman–Crippen LogP) is 3.51. The first-order valence-corrected chi connectivity index (χ1v) is 6.12. The van der Waals surface area contributed by atoms with Crippen LogP contribution in [0.25, 0.3) is 0 Å². The van der Waals surface area contributed by atoms with Gasteiger partial charge in [0.1, 0.15) is 11.5 Å². The summed E-state index contributed by atoms with van der Waals surface area (Å²) in [4.78, 5) is 11.2. The lowest BCUT2D eigenvalue weighted by atomic mass is 9.93. The largest absolute Gasteiger partial charge is 0.359 e. The van der Waals surface area contributed by atoms with Crippen molar-refractivity contribution in [2.24, 2.45) is 5.92 Å². The summed E-state index contributed by atoms with van der Waals surface area (Å²) in [6.07, 6.45) is 1.80. The molecule has 0 spiro atoms. The van der Waals surface area contributed by atoms with Crippen molar-refractivity contribution in [1.29, 1.82) is 0 Å². The lowest BCUT2D eigenvalue weighted by molar-refractivity contribution is -0.119. The van der Waals surface area contributed by atoms with E-state index in [9.17, 15) is 4.79 Å². The zero-order valence-electron chi connectivity index (χ0n) is 12.0. The highest BCUT2D eigenvalue weighted by molar-refractivity contribution is 5.80. The van der Waals surface area contributed by atoms with Gasteiger partial charge in [-0.3, -0.25) is 4.79 Å². The molecule has 1 atom stereocenters. The minimum absolute atomic E-state index is 0.0572. The molecule has 4 nitrogen and oxygen atoms in total. The average Bonchev–Trinajstić information content (AvgIpc) is 2.72. The number of ketones is 1. The van der Waals surface area contributed by atoms with Gasteiger partial charge in [0.25, 0.3) is 0 Å². The summed E-state index contributed by atoms with van der Waals surface area (Å²) in [5.74, 6) is 1.57. The molecule has 0 aliphatic heterocycles. The molecule has 0 saturated heterocycles. The Morgan fingerprint density at radius 2 is 2.06 bits per heavy atom. The van der Waals surface area contributed by atoms with Crippen molar-refractivity contribution in [3.63, 3.8) is 0 Å². The van der Waals surface area contributed by atoms with Crippen LogP contribution in [0.5, 0.6) is 0 Å². The van der Waals surface area contributed by atoms with E-state index < -0.39 is 0 Å². The third-order valence-electron chi connectivity index (χ3n) is 2.99. The molecule has 1 unspecified atom stereocenters. The van der Waals surface area contributed by atoms with Crippen LogP contribution in [-0.4, -0.2) is 10.9 Å². The monoisotopic (exact) mass is 250 g/mol. The SMILES string of the molecule is CC(=O)C(C)/C(C)=C\Nc1cc(C(C)(C)C)on1. The molecule has 0 aliphatic carbocycles. The van der Waals surface area contributed by atoms with Gasteiger partial charge in [-0.15, -0.1) is 0 Å². The van der Waals surface area contributed by atoms with Crippen LogP contribution < -0.4 is 5.32 Å². The molecule has 0 amide bonds. The zero-order valence-corrected chi connectivity index (χ0v) is 12.0. The second kappa shape index (κ2) is 5.38. The van der Waals surface area contributed by atoms with Crippen LogP contribution in [-0.2, 0) is 10.2 Å². The molecule has 0 bridgehead atoms. The van der Waals surface area contributed by atoms with Gasteiger partial charge in [0, 0.05) is 23.6 Å². The molecule has 0 radical (unpaired) electrons. The fourth-order valence-corrected chi connectivity index (χ4v) is 1.33. The maximum absolute atomic E-state index is 11.2. The third kappa shape index (κ3) is 3.72. The Morgan fingerprint density at radius 1 is 1.44 bits per heavy atom. The molecular formula is C14H22N2O2. The van der Waals surface area contributed by atoms with E-state index in [-0.39, 0.29) is 17.1 Å². The lowest BCUT2D eigenvalue weighted by Crippen LogP contribution is -2.09. The van der Waals surface area contributed by atoms with Crippen molar-refractivity contribution in [3.05, 3.63) is 23.6 Å². The maximum Gasteiger partial charge on any atom is 0.173 e. The summed E-state index contributed by atoms with van der Waals surface area (Å²) in [5.41, 5.74) is 0.918. The van der Waals surface area contributed by atoms with E-state index in [2.05, 4.69) is 31.2 Å². The molecule has 0 aliphatic rings. The summed E-state index contributed by atoms with van der Waals surface area (Å²) in [6, 6.07) is 1.88. The number of carbonyl (C=O) groups excluding carboxylic acids is 1. The van der Waals surface area contributed by atoms with Gasteiger partial charge in [-0.05, 0) is 19.4 Å². The van der Waals surface area contributed by atoms with Crippen molar-refractivity contribution in [2.75, 3.05) is 5.32 Å². The Morgan fingerprint density at radius 3 is 2.50 bits per heavy atom. The van der Waals surface area contributed by atoms with E-state index in [0.29, 0.717) is 5.82 Å². The Balaban J connectivity index is 2.72. The highest BCUT2D eigenvalue weighted by Crippen LogP contribution is 2.24. The minimum Gasteiger partial charge on any atom is -0.359 e. The Hall–Kier alpha value is -1.58. The van der Waals surface area contributed by atoms with Crippen molar-refractivity contribution in [2.45, 2.75) is 47.0 Å². The molecule has 0 fully saturated rings. The van der Waals surface area contributed by atoms with Crippen LogP contribution in [0.3, 0.4) is 0 Å². The molecule has 0 aromatic carbocycles. The van der Waals surface area contributed by atoms with Crippen molar-refractivity contribution in [1.82, 2.24) is 5.16 Å². The summed E-state index contributed by atoms with van der Waals surface area (Å²) in [7, 11) is 0. The van der Waals surface area contributed by atoms with E-state index in [1.807, 2.05) is 19.9 Å². The molecule has 4 heteroatoms. The van der Waals surface area contributed by atoms with Gasteiger partial charge in [-0.1, -0.05) is 32.9 Å². The van der Waals surface area contributed by atoms with Crippen LogP contribution in [0.4, 0.5) is 5.82 Å². The molecular weight excluding hydrogens is 228 g/mol. The normalized spacial score (nSPS) is 14.4. The van der Waals surface area contributed by atoms with Gasteiger partial charge in [-0.25, -0.2) is 0 Å². The first-order chi connectivity index (χ1) is 8.21. The van der Waals surface area contributed by atoms with Crippen LogP contribution in [0.2, 0.25) is 0 Å². The third-order valence-corrected chi connectivity index (χ3v) is 2.99. The number of hydrogen-bond donors (Lipinski definition) is 1. The van der Waals surface area contributed by atoms with E-state index in [4.69, 9.17) is 4.52 Å². The molecule has 100 valence electrons. The van der Waals surface area contributed by atoms with Gasteiger partial charge in [-0.2, -0.15) is 0 Å². The van der Waals surface area contributed by atoms with E-state index in [0.717, 1.165) is 11.3 Å². The number of Topliss-reactive ketones (excluding diaryl/α,β-unsaturated/α-hetero) is 1. The second-order valence-corrected chi connectivity index (χ2v) is 5.69. The molecule has 0 saturated carbocycles. The van der Waals surface area contributed by atoms with Crippen LogP contribution in [0.1, 0.15) is 47.3 Å². The number of aromatic nitrogens is 1. The highest BCUT2D eigenvalue weighted by Gasteiger charge is 2.19. The van der Waals surface area contributed by atoms with Crippen molar-refractivity contribution < 1.29 is 9.32 Å². The first-order valence-electron chi connectivity index (χ1n) is 6.12. The number of rotatable bonds is 4. The van der Waals surface area contributed by atoms with E-state index in [1.165, 1.54) is 0 Å². The first kappa shape index (κ1) is 14.5. The van der Waals surface area contributed by atoms with Gasteiger partial charge in [0.2, 0.25) is 0 Å². The predicted molar refractivity (Wildman–Crippen MR) is 72.4 cm³/mol. The number of nitrogens with one attached hydrogen (secondary N) is 1. The summed E-state index contributed by atoms with van der Waals surface area (Å²) < 4.78 is 5.26. The number of hydrogen-bond acceptors (Lipinski definition) is 4. The highest BCUT2D eigenvalue weighted by atomic mass is 16.5. The quantitative estimate of drug-likeness (QED) is 0.888. The Kier molecular flexibility index (Phi) is 4.33. The van der Waals surface area contributed by atoms with Crippen LogP contribution in [0.15, 0.2) is 22.4 Å². The molecule has 1 aromatic heterocycles. The minimum atomic E-state index is -0.0773.